The number of ether oxygens (including phenoxy) is 1. The number of alkyl halides is 1. The van der Waals surface area contributed by atoms with Crippen molar-refractivity contribution in [3.8, 4) is 0 Å². The summed E-state index contributed by atoms with van der Waals surface area (Å²) in [4.78, 5) is 12.0. The first-order valence-corrected chi connectivity index (χ1v) is 5.52. The van der Waals surface area contributed by atoms with E-state index in [4.69, 9.17) is 4.74 Å². The van der Waals surface area contributed by atoms with Crippen molar-refractivity contribution >= 4 is 34.1 Å². The van der Waals surface area contributed by atoms with Crippen LogP contribution >= 0.6 is 28.3 Å². The molecule has 0 amide bonds. The summed E-state index contributed by atoms with van der Waals surface area (Å²) in [6.07, 6.45) is 4.02. The summed E-state index contributed by atoms with van der Waals surface area (Å²) in [5.41, 5.74) is 0. The Morgan fingerprint density at radius 2 is 2.33 bits per heavy atom. The highest BCUT2D eigenvalue weighted by atomic mass is 79.9. The van der Waals surface area contributed by atoms with Crippen LogP contribution in [-0.4, -0.2) is 36.0 Å². The van der Waals surface area contributed by atoms with E-state index in [0.29, 0.717) is 13.0 Å². The summed E-state index contributed by atoms with van der Waals surface area (Å²) < 4.78 is 4.44. The zero-order valence-electron chi connectivity index (χ0n) is 8.16. The van der Waals surface area contributed by atoms with Gasteiger partial charge >= 0.3 is 0 Å². The predicted octanol–water partition coefficient (Wildman–Crippen LogP) is 0.564. The molecule has 0 radical (unpaired) electrons. The van der Waals surface area contributed by atoms with Crippen molar-refractivity contribution in [2.75, 3.05) is 19.6 Å². The minimum absolute atomic E-state index is 0. The number of rotatable bonds is 2. The van der Waals surface area contributed by atoms with E-state index < -0.39 is 4.51 Å². The van der Waals surface area contributed by atoms with Crippen LogP contribution in [0.4, 0.5) is 0 Å². The molecule has 0 bridgehead atoms. The average molecular weight is 298 g/mol. The van der Waals surface area contributed by atoms with Crippen molar-refractivity contribution in [3.05, 3.63) is 12.3 Å². The average Bonchev–Trinajstić information content (AvgIpc) is 2.67. The molecule has 86 valence electrons. The van der Waals surface area contributed by atoms with Crippen molar-refractivity contribution in [1.82, 2.24) is 10.6 Å². The summed E-state index contributed by atoms with van der Waals surface area (Å²) in [6.45, 7) is 2.42. The molecule has 4 nitrogen and oxygen atoms in total. The Balaban J connectivity index is 0.00000112. The maximum Gasteiger partial charge on any atom is 0.225 e. The number of carbonyl (C=O) groups is 1. The van der Waals surface area contributed by atoms with Gasteiger partial charge in [0.05, 0.1) is 12.3 Å². The second-order valence-corrected chi connectivity index (χ2v) is 4.78. The van der Waals surface area contributed by atoms with Gasteiger partial charge in [0.15, 0.2) is 0 Å². The van der Waals surface area contributed by atoms with Crippen LogP contribution in [0.15, 0.2) is 12.3 Å². The molecule has 1 fully saturated rings. The van der Waals surface area contributed by atoms with Crippen molar-refractivity contribution in [3.63, 3.8) is 0 Å². The minimum Gasteiger partial charge on any atom is -0.476 e. The van der Waals surface area contributed by atoms with E-state index in [0.717, 1.165) is 13.1 Å². The van der Waals surface area contributed by atoms with Gasteiger partial charge in [-0.05, 0) is 22.0 Å². The molecule has 0 spiro atoms. The molecule has 2 atom stereocenters. The summed E-state index contributed by atoms with van der Waals surface area (Å²) in [5, 5.41) is 6.35. The van der Waals surface area contributed by atoms with Crippen LogP contribution in [-0.2, 0) is 9.53 Å². The fourth-order valence-corrected chi connectivity index (χ4v) is 2.23. The molecule has 2 heterocycles. The van der Waals surface area contributed by atoms with E-state index >= 15 is 0 Å². The Labute approximate surface area is 103 Å². The highest BCUT2D eigenvalue weighted by Crippen LogP contribution is 2.32. The normalized spacial score (nSPS) is 34.3. The molecule has 0 aromatic carbocycles. The lowest BCUT2D eigenvalue weighted by Gasteiger charge is -2.29. The first-order valence-electron chi connectivity index (χ1n) is 4.72. The van der Waals surface area contributed by atoms with Crippen molar-refractivity contribution in [2.24, 2.45) is 0 Å². The van der Waals surface area contributed by atoms with Crippen LogP contribution in [0.2, 0.25) is 0 Å². The Morgan fingerprint density at radius 1 is 1.53 bits per heavy atom. The van der Waals surface area contributed by atoms with Crippen LogP contribution in [0.3, 0.4) is 0 Å². The van der Waals surface area contributed by atoms with Gasteiger partial charge in [-0.3, -0.25) is 4.79 Å². The third-order valence-electron chi connectivity index (χ3n) is 2.46. The molecule has 15 heavy (non-hydrogen) atoms. The van der Waals surface area contributed by atoms with E-state index in [1.165, 1.54) is 0 Å². The number of hydrogen-bond acceptors (Lipinski definition) is 4. The Kier molecular flexibility index (Phi) is 4.58. The first-order chi connectivity index (χ1) is 6.72. The van der Waals surface area contributed by atoms with Crippen LogP contribution in [0.5, 0.6) is 0 Å². The van der Waals surface area contributed by atoms with Gasteiger partial charge in [0, 0.05) is 26.1 Å². The number of Topliss-reactive ketones (excluding diaryl/α,β-unsaturated/α-hetero) is 1. The molecule has 0 aromatic heterocycles. The van der Waals surface area contributed by atoms with Crippen molar-refractivity contribution in [2.45, 2.75) is 17.0 Å². The number of piperazine rings is 1. The number of halogens is 2. The van der Waals surface area contributed by atoms with Gasteiger partial charge in [0.1, 0.15) is 0 Å². The van der Waals surface area contributed by atoms with Crippen LogP contribution in [0.25, 0.3) is 0 Å². The highest BCUT2D eigenvalue weighted by Gasteiger charge is 2.42. The standard InChI is InChI=1S/C9H13BrN2O2.ClH/c10-9(2-1-5-14-9)8(13)7-6-11-3-4-12-7;/h1,5,7,11-12H,2-4,6H2;1H. The zero-order valence-corrected chi connectivity index (χ0v) is 10.6. The largest absolute Gasteiger partial charge is 0.476 e. The molecular formula is C9H14BrClN2O2. The zero-order chi connectivity index (χ0) is 10.0. The fourth-order valence-electron chi connectivity index (χ4n) is 1.66. The topological polar surface area (TPSA) is 50.4 Å². The Bertz CT molecular complexity index is 259. The molecule has 2 aliphatic heterocycles. The summed E-state index contributed by atoms with van der Waals surface area (Å²) >= 11 is 3.34. The van der Waals surface area contributed by atoms with Gasteiger partial charge in [0.25, 0.3) is 0 Å². The second-order valence-electron chi connectivity index (χ2n) is 3.50. The maximum absolute atomic E-state index is 12.0. The quantitative estimate of drug-likeness (QED) is 0.732. The molecule has 2 aliphatic rings. The molecular weight excluding hydrogens is 283 g/mol. The third-order valence-corrected chi connectivity index (χ3v) is 3.36. The number of carbonyl (C=O) groups excluding carboxylic acids is 1. The molecule has 0 saturated carbocycles. The molecule has 1 saturated heterocycles. The van der Waals surface area contributed by atoms with Crippen molar-refractivity contribution < 1.29 is 9.53 Å². The van der Waals surface area contributed by atoms with Crippen molar-refractivity contribution in [1.29, 1.82) is 0 Å². The highest BCUT2D eigenvalue weighted by molar-refractivity contribution is 9.10. The lowest BCUT2D eigenvalue weighted by molar-refractivity contribution is -0.130. The summed E-state index contributed by atoms with van der Waals surface area (Å²) in [6, 6.07) is -0.150. The van der Waals surface area contributed by atoms with E-state index in [9.17, 15) is 4.79 Å². The smallest absolute Gasteiger partial charge is 0.225 e. The van der Waals surface area contributed by atoms with E-state index in [-0.39, 0.29) is 24.2 Å². The molecule has 0 aromatic rings. The Hall–Kier alpha value is -0.100. The van der Waals surface area contributed by atoms with Gasteiger partial charge in [-0.15, -0.1) is 12.4 Å². The van der Waals surface area contributed by atoms with Gasteiger partial charge < -0.3 is 15.4 Å². The van der Waals surface area contributed by atoms with E-state index in [1.807, 2.05) is 6.08 Å². The molecule has 6 heteroatoms. The van der Waals surface area contributed by atoms with Crippen LogP contribution in [0.1, 0.15) is 6.42 Å². The van der Waals surface area contributed by atoms with Crippen LogP contribution < -0.4 is 10.6 Å². The lowest BCUT2D eigenvalue weighted by Crippen LogP contribution is -2.56. The molecule has 2 unspecified atom stereocenters. The predicted molar refractivity (Wildman–Crippen MR) is 63.4 cm³/mol. The SMILES string of the molecule is Cl.O=C(C1CNCCN1)C1(Br)CC=CO1. The second kappa shape index (κ2) is 5.30. The maximum atomic E-state index is 12.0. The van der Waals surface area contributed by atoms with Gasteiger partial charge in [-0.1, -0.05) is 0 Å². The Morgan fingerprint density at radius 3 is 2.87 bits per heavy atom. The van der Waals surface area contributed by atoms with Gasteiger partial charge in [-0.2, -0.15) is 0 Å². The number of nitrogens with one attached hydrogen (secondary N) is 2. The van der Waals surface area contributed by atoms with E-state index in [1.54, 1.807) is 6.26 Å². The number of hydrogen-bond donors (Lipinski definition) is 2. The first kappa shape index (κ1) is 13.0. The molecule has 2 N–H and O–H groups in total. The summed E-state index contributed by atoms with van der Waals surface area (Å²) in [5.74, 6) is 0.0645. The third kappa shape index (κ3) is 2.72. The monoisotopic (exact) mass is 296 g/mol. The number of ketones is 1. The minimum atomic E-state index is -0.830. The lowest BCUT2D eigenvalue weighted by atomic mass is 10.0. The fraction of sp³-hybridized carbons (Fsp3) is 0.667. The molecule has 2 rings (SSSR count). The molecule has 0 aliphatic carbocycles. The van der Waals surface area contributed by atoms with Gasteiger partial charge in [0.2, 0.25) is 10.3 Å². The summed E-state index contributed by atoms with van der Waals surface area (Å²) in [7, 11) is 0. The van der Waals surface area contributed by atoms with Crippen LogP contribution in [0, 0.1) is 0 Å². The van der Waals surface area contributed by atoms with Gasteiger partial charge in [-0.25, -0.2) is 0 Å². The van der Waals surface area contributed by atoms with E-state index in [2.05, 4.69) is 26.6 Å².